The summed E-state index contributed by atoms with van der Waals surface area (Å²) in [6.07, 6.45) is 0. The van der Waals surface area contributed by atoms with E-state index in [0.717, 1.165) is 17.3 Å². The molecule has 4 nitrogen and oxygen atoms in total. The molecule has 0 bridgehead atoms. The third-order valence-corrected chi connectivity index (χ3v) is 3.31. The van der Waals surface area contributed by atoms with Gasteiger partial charge in [0.25, 0.3) is 0 Å². The lowest BCUT2D eigenvalue weighted by molar-refractivity contribution is -0.137. The Bertz CT molecular complexity index is 350. The Morgan fingerprint density at radius 1 is 1.71 bits per heavy atom. The first kappa shape index (κ1) is 9.61. The molecule has 1 aromatic heterocycles. The number of carboxylic acids is 1. The van der Waals surface area contributed by atoms with Crippen LogP contribution in [0.15, 0.2) is 16.5 Å². The summed E-state index contributed by atoms with van der Waals surface area (Å²) < 4.78 is 5.43. The molecule has 0 unspecified atom stereocenters. The molecule has 0 aromatic carbocycles. The third-order valence-electron chi connectivity index (χ3n) is 2.11. The van der Waals surface area contributed by atoms with Crippen LogP contribution in [-0.2, 0) is 4.79 Å². The minimum Gasteiger partial charge on any atom is -0.479 e. The maximum atomic E-state index is 10.7. The van der Waals surface area contributed by atoms with Gasteiger partial charge in [-0.15, -0.1) is 11.8 Å². The molecule has 2 rings (SSSR count). The van der Waals surface area contributed by atoms with Gasteiger partial charge in [0, 0.05) is 5.75 Å². The van der Waals surface area contributed by atoms with Crippen LogP contribution < -0.4 is 5.32 Å². The number of rotatable bonds is 2. The fourth-order valence-electron chi connectivity index (χ4n) is 1.42. The smallest absolute Gasteiger partial charge is 0.331 e. The Morgan fingerprint density at radius 2 is 2.50 bits per heavy atom. The normalized spacial score (nSPS) is 26.6. The highest BCUT2D eigenvalue weighted by Crippen LogP contribution is 2.29. The predicted molar refractivity (Wildman–Crippen MR) is 53.2 cm³/mol. The quantitative estimate of drug-likeness (QED) is 0.777. The van der Waals surface area contributed by atoms with Gasteiger partial charge in [-0.2, -0.15) is 0 Å². The van der Waals surface area contributed by atoms with Crippen LogP contribution >= 0.6 is 11.8 Å². The average Bonchev–Trinajstić information content (AvgIpc) is 2.70. The van der Waals surface area contributed by atoms with E-state index in [0.29, 0.717) is 0 Å². The van der Waals surface area contributed by atoms with Crippen molar-refractivity contribution < 1.29 is 14.3 Å². The summed E-state index contributed by atoms with van der Waals surface area (Å²) in [7, 11) is 0. The molecule has 14 heavy (non-hydrogen) atoms. The van der Waals surface area contributed by atoms with Gasteiger partial charge in [0.1, 0.15) is 11.5 Å². The fourth-order valence-corrected chi connectivity index (χ4v) is 2.47. The number of carboxylic acid groups (broad SMARTS) is 1. The first-order chi connectivity index (χ1) is 6.66. The van der Waals surface area contributed by atoms with Crippen molar-refractivity contribution in [2.24, 2.45) is 0 Å². The monoisotopic (exact) mass is 213 g/mol. The second kappa shape index (κ2) is 3.67. The molecular formula is C9H11NO3S. The lowest BCUT2D eigenvalue weighted by Crippen LogP contribution is -2.30. The number of furan rings is 1. The number of thioether (sulfide) groups is 1. The summed E-state index contributed by atoms with van der Waals surface area (Å²) in [5.74, 6) is 1.59. The summed E-state index contributed by atoms with van der Waals surface area (Å²) in [5.41, 5.74) is 0. The highest BCUT2D eigenvalue weighted by Gasteiger charge is 2.31. The van der Waals surface area contributed by atoms with Crippen LogP contribution in [0.25, 0.3) is 0 Å². The highest BCUT2D eigenvalue weighted by molar-refractivity contribution is 8.00. The molecule has 76 valence electrons. The van der Waals surface area contributed by atoms with Crippen molar-refractivity contribution in [3.63, 3.8) is 0 Å². The minimum atomic E-state index is -0.819. The van der Waals surface area contributed by atoms with Gasteiger partial charge in [-0.3, -0.25) is 5.32 Å². The van der Waals surface area contributed by atoms with Crippen molar-refractivity contribution in [2.75, 3.05) is 5.75 Å². The van der Waals surface area contributed by atoms with Crippen LogP contribution in [-0.4, -0.2) is 22.2 Å². The van der Waals surface area contributed by atoms with Gasteiger partial charge >= 0.3 is 5.97 Å². The number of aryl methyl sites for hydroxylation is 1. The van der Waals surface area contributed by atoms with Gasteiger partial charge in [0.15, 0.2) is 5.37 Å². The van der Waals surface area contributed by atoms with E-state index >= 15 is 0 Å². The van der Waals surface area contributed by atoms with Gasteiger partial charge in [0.05, 0.1) is 6.04 Å². The molecular weight excluding hydrogens is 202 g/mol. The molecule has 2 atom stereocenters. The van der Waals surface area contributed by atoms with Crippen molar-refractivity contribution in [2.45, 2.75) is 18.3 Å². The summed E-state index contributed by atoms with van der Waals surface area (Å²) in [6.45, 7) is 1.88. The lowest BCUT2D eigenvalue weighted by atomic mass is 10.2. The maximum absolute atomic E-state index is 10.7. The molecule has 0 amide bonds. The molecule has 0 radical (unpaired) electrons. The van der Waals surface area contributed by atoms with Crippen molar-refractivity contribution in [3.8, 4) is 0 Å². The van der Waals surface area contributed by atoms with Crippen LogP contribution in [0.3, 0.4) is 0 Å². The highest BCUT2D eigenvalue weighted by atomic mass is 32.2. The Kier molecular flexibility index (Phi) is 2.52. The molecule has 1 saturated heterocycles. The number of carbonyl (C=O) groups is 1. The molecule has 0 aliphatic carbocycles. The number of aliphatic carboxylic acids is 1. The SMILES string of the molecule is Cc1ccc([C@@H]2CS[C@@H](C(=O)O)N2)o1. The Morgan fingerprint density at radius 3 is 3.00 bits per heavy atom. The molecule has 5 heteroatoms. The standard InChI is InChI=1S/C9H11NO3S/c1-5-2-3-7(13-5)6-4-14-8(10-6)9(11)12/h2-3,6,8,10H,4H2,1H3,(H,11,12)/t6-,8-/m0/s1. The zero-order chi connectivity index (χ0) is 10.1. The minimum absolute atomic E-state index is 0.0230. The summed E-state index contributed by atoms with van der Waals surface area (Å²) in [5, 5.41) is 11.2. The van der Waals surface area contributed by atoms with Crippen molar-refractivity contribution >= 4 is 17.7 Å². The molecule has 2 N–H and O–H groups in total. The van der Waals surface area contributed by atoms with Gasteiger partial charge in [-0.05, 0) is 19.1 Å². The van der Waals surface area contributed by atoms with Crippen molar-refractivity contribution in [1.82, 2.24) is 5.32 Å². The Labute approximate surface area is 85.7 Å². The van der Waals surface area contributed by atoms with Gasteiger partial charge in [-0.25, -0.2) is 4.79 Å². The zero-order valence-corrected chi connectivity index (χ0v) is 8.50. The van der Waals surface area contributed by atoms with Crippen LogP contribution in [0.1, 0.15) is 17.6 Å². The van der Waals surface area contributed by atoms with Crippen molar-refractivity contribution in [3.05, 3.63) is 23.7 Å². The number of hydrogen-bond donors (Lipinski definition) is 2. The molecule has 1 aromatic rings. The van der Waals surface area contributed by atoms with Gasteiger partial charge in [-0.1, -0.05) is 0 Å². The third kappa shape index (κ3) is 1.78. The van der Waals surface area contributed by atoms with Crippen LogP contribution in [0.5, 0.6) is 0 Å². The van der Waals surface area contributed by atoms with E-state index in [1.54, 1.807) is 0 Å². The van der Waals surface area contributed by atoms with E-state index in [-0.39, 0.29) is 6.04 Å². The first-order valence-corrected chi connectivity index (χ1v) is 5.38. The van der Waals surface area contributed by atoms with Crippen LogP contribution in [0.4, 0.5) is 0 Å². The summed E-state index contributed by atoms with van der Waals surface area (Å²) in [6, 6.07) is 3.79. The lowest BCUT2D eigenvalue weighted by Gasteiger charge is -2.07. The average molecular weight is 213 g/mol. The number of hydrogen-bond acceptors (Lipinski definition) is 4. The van der Waals surface area contributed by atoms with E-state index in [9.17, 15) is 4.79 Å². The zero-order valence-electron chi connectivity index (χ0n) is 7.69. The number of nitrogens with one attached hydrogen (secondary N) is 1. The van der Waals surface area contributed by atoms with E-state index < -0.39 is 11.3 Å². The molecule has 1 aliphatic heterocycles. The first-order valence-electron chi connectivity index (χ1n) is 4.33. The van der Waals surface area contributed by atoms with Crippen LogP contribution in [0.2, 0.25) is 0 Å². The largest absolute Gasteiger partial charge is 0.479 e. The van der Waals surface area contributed by atoms with Crippen molar-refractivity contribution in [1.29, 1.82) is 0 Å². The molecule has 2 heterocycles. The van der Waals surface area contributed by atoms with Gasteiger partial charge in [0.2, 0.25) is 0 Å². The maximum Gasteiger partial charge on any atom is 0.331 e. The van der Waals surface area contributed by atoms with E-state index in [2.05, 4.69) is 5.32 Å². The molecule has 0 spiro atoms. The molecule has 1 aliphatic rings. The van der Waals surface area contributed by atoms with Gasteiger partial charge < -0.3 is 9.52 Å². The predicted octanol–water partition coefficient (Wildman–Crippen LogP) is 1.38. The Hall–Kier alpha value is -0.940. The fraction of sp³-hybridized carbons (Fsp3) is 0.444. The molecule has 1 fully saturated rings. The Balaban J connectivity index is 2.05. The molecule has 0 saturated carbocycles. The van der Waals surface area contributed by atoms with E-state index in [1.165, 1.54) is 11.8 Å². The summed E-state index contributed by atoms with van der Waals surface area (Å²) in [4.78, 5) is 10.7. The van der Waals surface area contributed by atoms with E-state index in [4.69, 9.17) is 9.52 Å². The summed E-state index contributed by atoms with van der Waals surface area (Å²) >= 11 is 1.39. The second-order valence-electron chi connectivity index (χ2n) is 3.22. The second-order valence-corrected chi connectivity index (χ2v) is 4.36. The van der Waals surface area contributed by atoms with E-state index in [1.807, 2.05) is 19.1 Å². The topological polar surface area (TPSA) is 62.5 Å². The van der Waals surface area contributed by atoms with Crippen LogP contribution in [0, 0.1) is 6.92 Å².